The molecule has 0 atom stereocenters. The maximum atomic E-state index is 11.6. The number of nitrogens with zero attached hydrogens (tertiary/aromatic N) is 1. The Morgan fingerprint density at radius 3 is 2.27 bits per heavy atom. The van der Waals surface area contributed by atoms with Crippen LogP contribution in [0, 0.1) is 13.8 Å². The molecule has 22 heavy (non-hydrogen) atoms. The van der Waals surface area contributed by atoms with E-state index in [1.165, 1.54) is 0 Å². The molecule has 0 radical (unpaired) electrons. The molecule has 4 heteroatoms. The van der Waals surface area contributed by atoms with Crippen LogP contribution in [-0.2, 0) is 0 Å². The largest absolute Gasteiger partial charge is 0.505 e. The van der Waals surface area contributed by atoms with Crippen LogP contribution in [0.4, 0.5) is 0 Å². The molecular formula is C18H15NO3. The Hall–Kier alpha value is -2.88. The lowest BCUT2D eigenvalue weighted by Crippen LogP contribution is -2.02. The van der Waals surface area contributed by atoms with Crippen LogP contribution in [0.1, 0.15) is 21.5 Å². The van der Waals surface area contributed by atoms with Gasteiger partial charge in [-0.25, -0.2) is 9.78 Å². The number of carboxylic acids is 1. The Morgan fingerprint density at radius 1 is 1.00 bits per heavy atom. The number of hydrogen-bond acceptors (Lipinski definition) is 3. The van der Waals surface area contributed by atoms with Gasteiger partial charge < -0.3 is 10.2 Å². The molecule has 2 aromatic carbocycles. The SMILES string of the molecule is Cc1ccc(-c2nc3ccc(C)cc3c(C(=O)O)c2O)cc1. The molecule has 4 nitrogen and oxygen atoms in total. The summed E-state index contributed by atoms with van der Waals surface area (Å²) in [5.74, 6) is -1.46. The Balaban J connectivity index is 2.37. The van der Waals surface area contributed by atoms with Crippen LogP contribution in [0.2, 0.25) is 0 Å². The van der Waals surface area contributed by atoms with E-state index in [0.29, 0.717) is 16.5 Å². The van der Waals surface area contributed by atoms with E-state index in [1.807, 2.05) is 44.2 Å². The number of aromatic hydroxyl groups is 1. The molecule has 110 valence electrons. The van der Waals surface area contributed by atoms with Crippen molar-refractivity contribution in [3.05, 3.63) is 59.2 Å². The zero-order valence-electron chi connectivity index (χ0n) is 12.3. The molecule has 0 aliphatic carbocycles. The highest BCUT2D eigenvalue weighted by molar-refractivity contribution is 6.07. The predicted octanol–water partition coefficient (Wildman–Crippen LogP) is 3.92. The molecule has 0 aliphatic rings. The highest BCUT2D eigenvalue weighted by Gasteiger charge is 2.20. The minimum Gasteiger partial charge on any atom is -0.505 e. The van der Waals surface area contributed by atoms with E-state index >= 15 is 0 Å². The van der Waals surface area contributed by atoms with Crippen molar-refractivity contribution in [2.75, 3.05) is 0 Å². The van der Waals surface area contributed by atoms with Crippen LogP contribution < -0.4 is 0 Å². The number of aromatic carboxylic acids is 1. The van der Waals surface area contributed by atoms with Gasteiger partial charge in [0.1, 0.15) is 11.3 Å². The van der Waals surface area contributed by atoms with Gasteiger partial charge in [0.25, 0.3) is 0 Å². The third-order valence-electron chi connectivity index (χ3n) is 3.65. The average molecular weight is 293 g/mol. The van der Waals surface area contributed by atoms with Crippen LogP contribution in [0.25, 0.3) is 22.2 Å². The highest BCUT2D eigenvalue weighted by atomic mass is 16.4. The summed E-state index contributed by atoms with van der Waals surface area (Å²) in [6.45, 7) is 3.83. The minimum atomic E-state index is -1.16. The van der Waals surface area contributed by atoms with E-state index in [-0.39, 0.29) is 17.0 Å². The summed E-state index contributed by atoms with van der Waals surface area (Å²) in [5.41, 5.74) is 3.42. The van der Waals surface area contributed by atoms with E-state index in [4.69, 9.17) is 0 Å². The van der Waals surface area contributed by atoms with E-state index in [9.17, 15) is 15.0 Å². The number of aromatic nitrogens is 1. The molecule has 0 saturated heterocycles. The number of pyridine rings is 1. The van der Waals surface area contributed by atoms with E-state index in [2.05, 4.69) is 4.98 Å². The number of fused-ring (bicyclic) bond motifs is 1. The number of carbonyl (C=O) groups is 1. The first-order valence-electron chi connectivity index (χ1n) is 6.91. The fourth-order valence-corrected chi connectivity index (χ4v) is 2.50. The molecule has 0 fully saturated rings. The first-order chi connectivity index (χ1) is 10.5. The van der Waals surface area contributed by atoms with Crippen molar-refractivity contribution in [3.63, 3.8) is 0 Å². The molecule has 3 aromatic rings. The summed E-state index contributed by atoms with van der Waals surface area (Å²) in [6, 6.07) is 12.8. The molecule has 0 unspecified atom stereocenters. The molecular weight excluding hydrogens is 278 g/mol. The van der Waals surface area contributed by atoms with E-state index < -0.39 is 5.97 Å². The molecule has 1 aromatic heterocycles. The first-order valence-corrected chi connectivity index (χ1v) is 6.91. The fraction of sp³-hybridized carbons (Fsp3) is 0.111. The third kappa shape index (κ3) is 2.29. The van der Waals surface area contributed by atoms with Gasteiger partial charge in [-0.1, -0.05) is 41.5 Å². The van der Waals surface area contributed by atoms with Crippen LogP contribution in [0.3, 0.4) is 0 Å². The van der Waals surface area contributed by atoms with Crippen molar-refractivity contribution in [2.24, 2.45) is 0 Å². The minimum absolute atomic E-state index is 0.107. The topological polar surface area (TPSA) is 70.4 Å². The molecule has 0 aliphatic heterocycles. The summed E-state index contributed by atoms with van der Waals surface area (Å²) in [5, 5.41) is 20.4. The summed E-state index contributed by atoms with van der Waals surface area (Å²) >= 11 is 0. The van der Waals surface area contributed by atoms with Crippen LogP contribution >= 0.6 is 0 Å². The van der Waals surface area contributed by atoms with Gasteiger partial charge in [0.2, 0.25) is 0 Å². The van der Waals surface area contributed by atoms with Gasteiger partial charge in [-0.2, -0.15) is 0 Å². The van der Waals surface area contributed by atoms with Crippen LogP contribution in [-0.4, -0.2) is 21.2 Å². The zero-order chi connectivity index (χ0) is 15.9. The quantitative estimate of drug-likeness (QED) is 0.751. The molecule has 0 amide bonds. The van der Waals surface area contributed by atoms with Crippen LogP contribution in [0.5, 0.6) is 5.75 Å². The van der Waals surface area contributed by atoms with E-state index in [0.717, 1.165) is 11.1 Å². The summed E-state index contributed by atoms with van der Waals surface area (Å²) < 4.78 is 0. The van der Waals surface area contributed by atoms with Gasteiger partial charge >= 0.3 is 5.97 Å². The Morgan fingerprint density at radius 2 is 1.64 bits per heavy atom. The zero-order valence-corrected chi connectivity index (χ0v) is 12.3. The van der Waals surface area contributed by atoms with Gasteiger partial charge in [-0.3, -0.25) is 0 Å². The Labute approximate surface area is 127 Å². The number of hydrogen-bond donors (Lipinski definition) is 2. The Kier molecular flexibility index (Phi) is 3.29. The Bertz CT molecular complexity index is 883. The fourth-order valence-electron chi connectivity index (χ4n) is 2.50. The highest BCUT2D eigenvalue weighted by Crippen LogP contribution is 2.35. The molecule has 2 N–H and O–H groups in total. The molecule has 1 heterocycles. The van der Waals surface area contributed by atoms with Crippen molar-refractivity contribution >= 4 is 16.9 Å². The average Bonchev–Trinajstić information content (AvgIpc) is 2.47. The number of benzene rings is 2. The van der Waals surface area contributed by atoms with Gasteiger partial charge in [-0.05, 0) is 26.0 Å². The van der Waals surface area contributed by atoms with E-state index in [1.54, 1.807) is 12.1 Å². The van der Waals surface area contributed by atoms with Gasteiger partial charge in [0.05, 0.1) is 5.52 Å². The molecule has 0 spiro atoms. The van der Waals surface area contributed by atoms with Gasteiger partial charge in [0, 0.05) is 10.9 Å². The second-order valence-corrected chi connectivity index (χ2v) is 5.38. The third-order valence-corrected chi connectivity index (χ3v) is 3.65. The first kappa shape index (κ1) is 14.1. The maximum absolute atomic E-state index is 11.6. The standard InChI is InChI=1S/C18H15NO3/c1-10-3-6-12(7-4-10)16-17(20)15(18(21)22)13-9-11(2)5-8-14(13)19-16/h3-9,20H,1-2H3,(H,21,22). The normalized spacial score (nSPS) is 10.8. The monoisotopic (exact) mass is 293 g/mol. The summed E-state index contributed by atoms with van der Waals surface area (Å²) in [7, 11) is 0. The van der Waals surface area contributed by atoms with Crippen molar-refractivity contribution in [1.82, 2.24) is 4.98 Å². The number of aryl methyl sites for hydroxylation is 2. The number of rotatable bonds is 2. The summed E-state index contributed by atoms with van der Waals surface area (Å²) in [4.78, 5) is 16.0. The molecule has 0 bridgehead atoms. The lowest BCUT2D eigenvalue weighted by atomic mass is 10.0. The van der Waals surface area contributed by atoms with Crippen molar-refractivity contribution < 1.29 is 15.0 Å². The lowest BCUT2D eigenvalue weighted by Gasteiger charge is -2.11. The smallest absolute Gasteiger partial charge is 0.340 e. The van der Waals surface area contributed by atoms with Crippen molar-refractivity contribution in [2.45, 2.75) is 13.8 Å². The van der Waals surface area contributed by atoms with Crippen molar-refractivity contribution in [3.8, 4) is 17.0 Å². The second-order valence-electron chi connectivity index (χ2n) is 5.38. The molecule has 3 rings (SSSR count). The molecule has 0 saturated carbocycles. The van der Waals surface area contributed by atoms with Gasteiger partial charge in [-0.15, -0.1) is 0 Å². The second kappa shape index (κ2) is 5.15. The maximum Gasteiger partial charge on any atom is 0.340 e. The van der Waals surface area contributed by atoms with Crippen molar-refractivity contribution in [1.29, 1.82) is 0 Å². The predicted molar refractivity (Wildman–Crippen MR) is 85.3 cm³/mol. The van der Waals surface area contributed by atoms with Crippen LogP contribution in [0.15, 0.2) is 42.5 Å². The number of carboxylic acid groups (broad SMARTS) is 1. The lowest BCUT2D eigenvalue weighted by molar-refractivity contribution is 0.0696. The van der Waals surface area contributed by atoms with Gasteiger partial charge in [0.15, 0.2) is 5.75 Å². The summed E-state index contributed by atoms with van der Waals surface area (Å²) in [6.07, 6.45) is 0.